The summed E-state index contributed by atoms with van der Waals surface area (Å²) in [5.41, 5.74) is 5.14. The summed E-state index contributed by atoms with van der Waals surface area (Å²) in [5, 5.41) is 3.31. The van der Waals surface area contributed by atoms with Gasteiger partial charge in [0.2, 0.25) is 5.91 Å². The van der Waals surface area contributed by atoms with Crippen molar-refractivity contribution in [2.24, 2.45) is 5.92 Å². The standard InChI is InChI=1S/C25H32N2O3/c1-16-5-7-18(8-6-16)15-27-12-11-20-13-22(29-3)23(30-4)14-21(20)24(27)17(2)26-25(28)19-9-10-19/h5-8,13-14,17,19,24H,9-12,15H2,1-4H3,(H,26,28)/p+1/t17-,24-/m1/s1. The van der Waals surface area contributed by atoms with Crippen molar-refractivity contribution in [1.29, 1.82) is 0 Å². The summed E-state index contributed by atoms with van der Waals surface area (Å²) >= 11 is 0. The molecule has 0 bridgehead atoms. The van der Waals surface area contributed by atoms with Gasteiger partial charge in [-0.05, 0) is 44.4 Å². The van der Waals surface area contributed by atoms with E-state index in [4.69, 9.17) is 9.47 Å². The van der Waals surface area contributed by atoms with Gasteiger partial charge in [-0.2, -0.15) is 0 Å². The highest BCUT2D eigenvalue weighted by Gasteiger charge is 2.39. The Morgan fingerprint density at radius 2 is 1.80 bits per heavy atom. The third-order valence-corrected chi connectivity index (χ3v) is 6.51. The molecule has 0 aromatic heterocycles. The van der Waals surface area contributed by atoms with Gasteiger partial charge in [0.05, 0.1) is 26.8 Å². The first-order chi connectivity index (χ1) is 14.5. The minimum Gasteiger partial charge on any atom is -0.493 e. The van der Waals surface area contributed by atoms with E-state index in [-0.39, 0.29) is 23.9 Å². The number of quaternary nitrogens is 1. The molecule has 1 aliphatic heterocycles. The fraction of sp³-hybridized carbons (Fsp3) is 0.480. The normalized spacial score (nSPS) is 21.5. The van der Waals surface area contributed by atoms with Gasteiger partial charge in [0.15, 0.2) is 11.5 Å². The van der Waals surface area contributed by atoms with Crippen LogP contribution in [0.1, 0.15) is 48.1 Å². The van der Waals surface area contributed by atoms with Crippen LogP contribution in [-0.4, -0.2) is 32.7 Å². The summed E-state index contributed by atoms with van der Waals surface area (Å²) in [5.74, 6) is 1.93. The highest BCUT2D eigenvalue weighted by Crippen LogP contribution is 2.35. The van der Waals surface area contributed by atoms with Gasteiger partial charge in [0.1, 0.15) is 12.6 Å². The predicted molar refractivity (Wildman–Crippen MR) is 117 cm³/mol. The molecule has 0 spiro atoms. The van der Waals surface area contributed by atoms with Crippen LogP contribution in [0.5, 0.6) is 11.5 Å². The lowest BCUT2D eigenvalue weighted by Gasteiger charge is -2.38. The lowest BCUT2D eigenvalue weighted by atomic mass is 9.87. The third-order valence-electron chi connectivity index (χ3n) is 6.51. The van der Waals surface area contributed by atoms with E-state index in [0.29, 0.717) is 0 Å². The van der Waals surface area contributed by atoms with Crippen LogP contribution in [-0.2, 0) is 17.8 Å². The number of ether oxygens (including phenoxy) is 2. The molecule has 1 saturated carbocycles. The molecule has 1 aliphatic carbocycles. The lowest BCUT2D eigenvalue weighted by Crippen LogP contribution is -3.13. The summed E-state index contributed by atoms with van der Waals surface area (Å²) in [4.78, 5) is 14.0. The largest absolute Gasteiger partial charge is 0.493 e. The smallest absolute Gasteiger partial charge is 0.223 e. The molecule has 2 aromatic rings. The Hall–Kier alpha value is -2.53. The Morgan fingerprint density at radius 1 is 1.13 bits per heavy atom. The van der Waals surface area contributed by atoms with E-state index in [9.17, 15) is 4.79 Å². The topological polar surface area (TPSA) is 52.0 Å². The van der Waals surface area contributed by atoms with E-state index >= 15 is 0 Å². The molecule has 2 aromatic carbocycles. The Bertz CT molecular complexity index is 905. The third kappa shape index (κ3) is 4.31. The van der Waals surface area contributed by atoms with Crippen LogP contribution in [0, 0.1) is 12.8 Å². The monoisotopic (exact) mass is 409 g/mol. The molecule has 2 aliphatic rings. The molecule has 160 valence electrons. The zero-order chi connectivity index (χ0) is 21.3. The van der Waals surface area contributed by atoms with Crippen LogP contribution in [0.25, 0.3) is 0 Å². The second kappa shape index (κ2) is 8.68. The van der Waals surface area contributed by atoms with Gasteiger partial charge in [-0.3, -0.25) is 4.79 Å². The molecule has 1 amide bonds. The first-order valence-electron chi connectivity index (χ1n) is 11.0. The predicted octanol–water partition coefficient (Wildman–Crippen LogP) is 2.61. The highest BCUT2D eigenvalue weighted by molar-refractivity contribution is 5.81. The van der Waals surface area contributed by atoms with Crippen molar-refractivity contribution in [3.63, 3.8) is 0 Å². The molecule has 30 heavy (non-hydrogen) atoms. The summed E-state index contributed by atoms with van der Waals surface area (Å²) in [6, 6.07) is 13.2. The lowest BCUT2D eigenvalue weighted by molar-refractivity contribution is -0.948. The van der Waals surface area contributed by atoms with E-state index in [1.165, 1.54) is 27.2 Å². The van der Waals surface area contributed by atoms with Crippen LogP contribution >= 0.6 is 0 Å². The van der Waals surface area contributed by atoms with Gasteiger partial charge < -0.3 is 19.7 Å². The van der Waals surface area contributed by atoms with Crippen molar-refractivity contribution in [3.8, 4) is 11.5 Å². The van der Waals surface area contributed by atoms with Crippen molar-refractivity contribution in [2.45, 2.75) is 51.7 Å². The van der Waals surface area contributed by atoms with Crippen molar-refractivity contribution in [1.82, 2.24) is 5.32 Å². The molecule has 5 heteroatoms. The SMILES string of the molecule is COc1cc2c(cc1OC)[C@@H]([C@@H](C)NC(=O)C1CC1)[NH+](Cc1ccc(C)cc1)CC2. The van der Waals surface area contributed by atoms with Crippen LogP contribution in [0.2, 0.25) is 0 Å². The fourth-order valence-electron chi connectivity index (χ4n) is 4.67. The molecule has 5 nitrogen and oxygen atoms in total. The first-order valence-corrected chi connectivity index (χ1v) is 11.0. The first kappa shape index (κ1) is 20.7. The molecule has 2 N–H and O–H groups in total. The van der Waals surface area contributed by atoms with Crippen molar-refractivity contribution >= 4 is 5.91 Å². The average molecular weight is 410 g/mol. The molecule has 1 fully saturated rings. The highest BCUT2D eigenvalue weighted by atomic mass is 16.5. The number of hydrogen-bond acceptors (Lipinski definition) is 3. The summed E-state index contributed by atoms with van der Waals surface area (Å²) in [6.45, 7) is 6.21. The van der Waals surface area contributed by atoms with Crippen LogP contribution < -0.4 is 19.7 Å². The van der Waals surface area contributed by atoms with Crippen molar-refractivity contribution in [3.05, 3.63) is 58.7 Å². The minimum absolute atomic E-state index is 0.0377. The van der Waals surface area contributed by atoms with E-state index in [0.717, 1.165) is 43.9 Å². The number of amides is 1. The summed E-state index contributed by atoms with van der Waals surface area (Å²) < 4.78 is 11.1. The Balaban J connectivity index is 1.67. The number of carbonyl (C=O) groups is 1. The van der Waals surface area contributed by atoms with Crippen LogP contribution in [0.3, 0.4) is 0 Å². The molecule has 0 radical (unpaired) electrons. The molecule has 0 saturated heterocycles. The van der Waals surface area contributed by atoms with E-state index in [1.807, 2.05) is 0 Å². The van der Waals surface area contributed by atoms with E-state index in [2.05, 4.69) is 55.6 Å². The Labute approximate surface area is 179 Å². The minimum atomic E-state index is 0.0377. The van der Waals surface area contributed by atoms with E-state index in [1.54, 1.807) is 14.2 Å². The Kier molecular flexibility index (Phi) is 6.00. The van der Waals surface area contributed by atoms with Gasteiger partial charge in [-0.15, -0.1) is 0 Å². The number of methoxy groups -OCH3 is 2. The van der Waals surface area contributed by atoms with Crippen LogP contribution in [0.4, 0.5) is 0 Å². The van der Waals surface area contributed by atoms with Gasteiger partial charge >= 0.3 is 0 Å². The van der Waals surface area contributed by atoms with Gasteiger partial charge in [0, 0.05) is 23.5 Å². The summed E-state index contributed by atoms with van der Waals surface area (Å²) in [7, 11) is 3.36. The number of nitrogens with one attached hydrogen (secondary N) is 2. The molecule has 1 unspecified atom stereocenters. The average Bonchev–Trinajstić information content (AvgIpc) is 3.59. The maximum absolute atomic E-state index is 12.5. The zero-order valence-electron chi connectivity index (χ0n) is 18.5. The fourth-order valence-corrected chi connectivity index (χ4v) is 4.67. The van der Waals surface area contributed by atoms with Crippen molar-refractivity contribution < 1.29 is 19.2 Å². The number of carbonyl (C=O) groups excluding carboxylic acids is 1. The number of benzene rings is 2. The molecule has 3 atom stereocenters. The molecular weight excluding hydrogens is 376 g/mol. The number of rotatable bonds is 7. The van der Waals surface area contributed by atoms with Crippen LogP contribution in [0.15, 0.2) is 36.4 Å². The second-order valence-corrected chi connectivity index (χ2v) is 8.78. The zero-order valence-corrected chi connectivity index (χ0v) is 18.5. The number of aryl methyl sites for hydroxylation is 1. The Morgan fingerprint density at radius 3 is 2.43 bits per heavy atom. The summed E-state index contributed by atoms with van der Waals surface area (Å²) in [6.07, 6.45) is 3.02. The number of fused-ring (bicyclic) bond motifs is 1. The van der Waals surface area contributed by atoms with Gasteiger partial charge in [-0.1, -0.05) is 29.8 Å². The number of hydrogen-bond donors (Lipinski definition) is 2. The second-order valence-electron chi connectivity index (χ2n) is 8.78. The maximum Gasteiger partial charge on any atom is 0.223 e. The maximum atomic E-state index is 12.5. The van der Waals surface area contributed by atoms with Gasteiger partial charge in [0.25, 0.3) is 0 Å². The quantitative estimate of drug-likeness (QED) is 0.739. The van der Waals surface area contributed by atoms with Gasteiger partial charge in [-0.25, -0.2) is 0 Å². The molecule has 1 heterocycles. The molecular formula is C25H33N2O3+. The molecule has 4 rings (SSSR count). The van der Waals surface area contributed by atoms with E-state index < -0.39 is 0 Å². The van der Waals surface area contributed by atoms with Crippen molar-refractivity contribution in [2.75, 3.05) is 20.8 Å².